The van der Waals surface area contributed by atoms with Gasteiger partial charge in [-0.1, -0.05) is 42.5 Å². The zero-order valence-electron chi connectivity index (χ0n) is 20.4. The molecule has 1 aliphatic heterocycles. The molecule has 0 aliphatic carbocycles. The summed E-state index contributed by atoms with van der Waals surface area (Å²) in [5, 5.41) is 8.75. The van der Waals surface area contributed by atoms with Gasteiger partial charge in [0.05, 0.1) is 23.6 Å². The standard InChI is InChI=1S/C28H31F2N5O2/c29-21-10-11-26(35(18-31)17-20-12-13-32-16-20)24(15-21)33-28(37)25(14-19-6-2-1-3-7-19)34-27(36)22-8-4-5-9-23(22)30/h1-11,15,20,25,32H,12-14,16-18,31H2,(H,33,37)(H,34,36). The van der Waals surface area contributed by atoms with Crippen molar-refractivity contribution in [1.29, 1.82) is 0 Å². The smallest absolute Gasteiger partial charge is 0.254 e. The van der Waals surface area contributed by atoms with Gasteiger partial charge in [-0.15, -0.1) is 0 Å². The highest BCUT2D eigenvalue weighted by molar-refractivity contribution is 6.02. The van der Waals surface area contributed by atoms with Crippen LogP contribution in [0.4, 0.5) is 20.2 Å². The largest absolute Gasteiger partial charge is 0.357 e. The van der Waals surface area contributed by atoms with Crippen molar-refractivity contribution in [2.24, 2.45) is 11.7 Å². The molecule has 1 aliphatic rings. The normalized spacial score (nSPS) is 15.7. The Balaban J connectivity index is 1.58. The first-order valence-electron chi connectivity index (χ1n) is 12.3. The third-order valence-electron chi connectivity index (χ3n) is 6.44. The first-order valence-corrected chi connectivity index (χ1v) is 12.3. The molecule has 2 amide bonds. The van der Waals surface area contributed by atoms with Gasteiger partial charge in [0, 0.05) is 13.0 Å². The molecule has 5 N–H and O–H groups in total. The van der Waals surface area contributed by atoms with Crippen molar-refractivity contribution in [2.45, 2.75) is 18.9 Å². The molecule has 7 nitrogen and oxygen atoms in total. The Kier molecular flexibility index (Phi) is 8.81. The molecule has 0 aromatic heterocycles. The lowest BCUT2D eigenvalue weighted by atomic mass is 10.0. The van der Waals surface area contributed by atoms with E-state index in [4.69, 9.17) is 5.73 Å². The number of hydrogen-bond acceptors (Lipinski definition) is 5. The van der Waals surface area contributed by atoms with Crippen LogP contribution < -0.4 is 26.6 Å². The highest BCUT2D eigenvalue weighted by atomic mass is 19.1. The molecule has 1 saturated heterocycles. The van der Waals surface area contributed by atoms with Gasteiger partial charge in [0.1, 0.15) is 17.7 Å². The number of nitrogens with zero attached hydrogens (tertiary/aromatic N) is 1. The Morgan fingerprint density at radius 2 is 1.81 bits per heavy atom. The molecule has 0 bridgehead atoms. The summed E-state index contributed by atoms with van der Waals surface area (Å²) in [6.07, 6.45) is 1.16. The van der Waals surface area contributed by atoms with Gasteiger partial charge in [-0.25, -0.2) is 8.78 Å². The van der Waals surface area contributed by atoms with Crippen molar-refractivity contribution in [1.82, 2.24) is 10.6 Å². The topological polar surface area (TPSA) is 99.5 Å². The quantitative estimate of drug-likeness (QED) is 0.316. The fraction of sp³-hybridized carbons (Fsp3) is 0.286. The van der Waals surface area contributed by atoms with Gasteiger partial charge in [0.25, 0.3) is 5.91 Å². The van der Waals surface area contributed by atoms with Crippen LogP contribution in [0.25, 0.3) is 0 Å². The summed E-state index contributed by atoms with van der Waals surface area (Å²) in [4.78, 5) is 28.3. The Morgan fingerprint density at radius 3 is 2.51 bits per heavy atom. The number of carbonyl (C=O) groups is 2. The first kappa shape index (κ1) is 26.2. The van der Waals surface area contributed by atoms with E-state index >= 15 is 0 Å². The summed E-state index contributed by atoms with van der Waals surface area (Å²) in [6.45, 7) is 2.62. The van der Waals surface area contributed by atoms with Crippen LogP contribution in [0, 0.1) is 17.6 Å². The van der Waals surface area contributed by atoms with Crippen molar-refractivity contribution in [3.05, 3.63) is 95.6 Å². The van der Waals surface area contributed by atoms with Gasteiger partial charge in [0.15, 0.2) is 0 Å². The molecule has 4 rings (SSSR count). The Labute approximate surface area is 215 Å². The minimum Gasteiger partial charge on any atom is -0.357 e. The van der Waals surface area contributed by atoms with E-state index in [0.717, 1.165) is 25.1 Å². The SMILES string of the molecule is NCN(CC1CCNC1)c1ccc(F)cc1NC(=O)C(Cc1ccccc1)NC(=O)c1ccccc1F. The second kappa shape index (κ2) is 12.4. The van der Waals surface area contributed by atoms with Gasteiger partial charge >= 0.3 is 0 Å². The van der Waals surface area contributed by atoms with Crippen LogP contribution in [-0.4, -0.2) is 44.2 Å². The van der Waals surface area contributed by atoms with Crippen LogP contribution in [-0.2, 0) is 11.2 Å². The summed E-state index contributed by atoms with van der Waals surface area (Å²) < 4.78 is 28.5. The molecule has 3 aromatic rings. The van der Waals surface area contributed by atoms with Crippen LogP contribution in [0.3, 0.4) is 0 Å². The average molecular weight is 508 g/mol. The summed E-state index contributed by atoms with van der Waals surface area (Å²) in [5.74, 6) is -2.10. The number of halogens is 2. The summed E-state index contributed by atoms with van der Waals surface area (Å²) in [6, 6.07) is 17.8. The molecule has 1 heterocycles. The van der Waals surface area contributed by atoms with Crippen LogP contribution in [0.15, 0.2) is 72.8 Å². The van der Waals surface area contributed by atoms with E-state index < -0.39 is 29.5 Å². The number of anilines is 2. The van der Waals surface area contributed by atoms with E-state index in [9.17, 15) is 18.4 Å². The summed E-state index contributed by atoms with van der Waals surface area (Å²) in [7, 11) is 0. The van der Waals surface area contributed by atoms with Crippen molar-refractivity contribution in [2.75, 3.05) is 36.5 Å². The zero-order chi connectivity index (χ0) is 26.2. The second-order valence-corrected chi connectivity index (χ2v) is 9.11. The number of nitrogens with two attached hydrogens (primary N) is 1. The molecule has 1 fully saturated rings. The Hall–Kier alpha value is -3.82. The van der Waals surface area contributed by atoms with E-state index in [-0.39, 0.29) is 24.3 Å². The van der Waals surface area contributed by atoms with Crippen LogP contribution in [0.2, 0.25) is 0 Å². The molecule has 194 valence electrons. The maximum Gasteiger partial charge on any atom is 0.254 e. The number of amides is 2. The lowest BCUT2D eigenvalue weighted by Gasteiger charge is -2.28. The first-order chi connectivity index (χ1) is 17.9. The molecule has 3 aromatic carbocycles. The molecule has 2 atom stereocenters. The molecule has 2 unspecified atom stereocenters. The van der Waals surface area contributed by atoms with E-state index in [1.165, 1.54) is 30.3 Å². The molecular formula is C28H31F2N5O2. The van der Waals surface area contributed by atoms with Gasteiger partial charge in [-0.2, -0.15) is 0 Å². The molecular weight excluding hydrogens is 476 g/mol. The van der Waals surface area contributed by atoms with Crippen molar-refractivity contribution < 1.29 is 18.4 Å². The molecule has 0 saturated carbocycles. The number of hydrogen-bond donors (Lipinski definition) is 4. The fourth-order valence-electron chi connectivity index (χ4n) is 4.50. The van der Waals surface area contributed by atoms with Gasteiger partial charge in [0.2, 0.25) is 5.91 Å². The highest BCUT2D eigenvalue weighted by Crippen LogP contribution is 2.28. The second-order valence-electron chi connectivity index (χ2n) is 9.11. The van der Waals surface area contributed by atoms with Crippen molar-refractivity contribution >= 4 is 23.2 Å². The number of nitrogens with one attached hydrogen (secondary N) is 3. The van der Waals surface area contributed by atoms with E-state index in [1.54, 1.807) is 12.1 Å². The van der Waals surface area contributed by atoms with Crippen LogP contribution >= 0.6 is 0 Å². The maximum absolute atomic E-state index is 14.3. The Morgan fingerprint density at radius 1 is 1.05 bits per heavy atom. The minimum atomic E-state index is -1.05. The third kappa shape index (κ3) is 6.90. The number of rotatable bonds is 10. The molecule has 9 heteroatoms. The highest BCUT2D eigenvalue weighted by Gasteiger charge is 2.26. The zero-order valence-corrected chi connectivity index (χ0v) is 20.4. The van der Waals surface area contributed by atoms with E-state index in [0.29, 0.717) is 18.2 Å². The maximum atomic E-state index is 14.3. The fourth-order valence-corrected chi connectivity index (χ4v) is 4.50. The van der Waals surface area contributed by atoms with Gasteiger partial charge in [-0.3, -0.25) is 9.59 Å². The van der Waals surface area contributed by atoms with Crippen molar-refractivity contribution in [3.8, 4) is 0 Å². The van der Waals surface area contributed by atoms with Crippen LogP contribution in [0.1, 0.15) is 22.3 Å². The average Bonchev–Trinajstić information content (AvgIpc) is 3.41. The lowest BCUT2D eigenvalue weighted by molar-refractivity contribution is -0.118. The lowest BCUT2D eigenvalue weighted by Crippen LogP contribution is -2.45. The van der Waals surface area contributed by atoms with Gasteiger partial charge in [-0.05, 0) is 61.3 Å². The molecule has 0 radical (unpaired) electrons. The van der Waals surface area contributed by atoms with E-state index in [2.05, 4.69) is 16.0 Å². The number of carbonyl (C=O) groups excluding carboxylic acids is 2. The summed E-state index contributed by atoms with van der Waals surface area (Å²) in [5.41, 5.74) is 7.50. The van der Waals surface area contributed by atoms with Crippen LogP contribution in [0.5, 0.6) is 0 Å². The Bertz CT molecular complexity index is 1220. The predicted molar refractivity (Wildman–Crippen MR) is 140 cm³/mol. The molecule has 37 heavy (non-hydrogen) atoms. The predicted octanol–water partition coefficient (Wildman–Crippen LogP) is 3.28. The molecule has 0 spiro atoms. The summed E-state index contributed by atoms with van der Waals surface area (Å²) >= 11 is 0. The van der Waals surface area contributed by atoms with E-state index in [1.807, 2.05) is 35.2 Å². The number of benzene rings is 3. The third-order valence-corrected chi connectivity index (χ3v) is 6.44. The minimum absolute atomic E-state index is 0.159. The van der Waals surface area contributed by atoms with Crippen molar-refractivity contribution in [3.63, 3.8) is 0 Å². The monoisotopic (exact) mass is 507 g/mol. The van der Waals surface area contributed by atoms with Gasteiger partial charge < -0.3 is 26.6 Å².